The van der Waals surface area contributed by atoms with Crippen LogP contribution < -0.4 is 5.73 Å². The van der Waals surface area contributed by atoms with Crippen LogP contribution in [0.4, 0.5) is 5.00 Å². The average Bonchev–Trinajstić information content (AvgIpc) is 3.08. The summed E-state index contributed by atoms with van der Waals surface area (Å²) in [7, 11) is 0. The Balaban J connectivity index is 2.30. The van der Waals surface area contributed by atoms with Gasteiger partial charge in [-0.1, -0.05) is 0 Å². The van der Waals surface area contributed by atoms with Crippen molar-refractivity contribution in [3.63, 3.8) is 0 Å². The molecular weight excluding hydrogens is 370 g/mol. The van der Waals surface area contributed by atoms with Crippen molar-refractivity contribution < 1.29 is 23.9 Å². The summed E-state index contributed by atoms with van der Waals surface area (Å²) in [5.74, 6) is -1.50. The molecule has 0 aliphatic carbocycles. The number of aryl methyl sites for hydroxylation is 1. The molecule has 0 aliphatic rings. The number of nitrogen functional groups attached to an aromatic ring is 1. The van der Waals surface area contributed by atoms with Crippen LogP contribution in [0.1, 0.15) is 66.7 Å². The topological polar surface area (TPSA) is 135 Å². The average molecular weight is 389 g/mol. The van der Waals surface area contributed by atoms with Gasteiger partial charge in [-0.15, -0.1) is 11.3 Å². The van der Waals surface area contributed by atoms with Gasteiger partial charge >= 0.3 is 11.9 Å². The molecule has 2 rings (SSSR count). The number of anilines is 1. The molecule has 0 amide bonds. The number of H-pyrrole nitrogens is 1. The number of nitriles is 1. The van der Waals surface area contributed by atoms with Crippen LogP contribution in [-0.4, -0.2) is 29.3 Å². The Kier molecular flexibility index (Phi) is 6.02. The van der Waals surface area contributed by atoms with Crippen molar-refractivity contribution in [2.45, 2.75) is 34.3 Å². The lowest BCUT2D eigenvalue weighted by Gasteiger charge is -2.07. The van der Waals surface area contributed by atoms with Crippen molar-refractivity contribution >= 4 is 34.1 Å². The predicted molar refractivity (Wildman–Crippen MR) is 98.8 cm³/mol. The maximum absolute atomic E-state index is 12.4. The Morgan fingerprint density at radius 3 is 2.41 bits per heavy atom. The fourth-order valence-corrected chi connectivity index (χ4v) is 3.72. The van der Waals surface area contributed by atoms with Gasteiger partial charge in [-0.25, -0.2) is 9.59 Å². The molecule has 142 valence electrons. The summed E-state index contributed by atoms with van der Waals surface area (Å²) in [6, 6.07) is 1.92. The molecule has 0 fully saturated rings. The van der Waals surface area contributed by atoms with Crippen LogP contribution in [-0.2, 0) is 16.1 Å². The molecule has 2 heterocycles. The summed E-state index contributed by atoms with van der Waals surface area (Å²) in [5, 5.41) is 9.44. The standard InChI is InChI=1S/C18H19N3O5S/c1-5-25-18(24)15-12(11(6-19)16(20)27-15)7-26-17(23)14-8(2)13(10(4)22)9(3)21-14/h21H,5,7,20H2,1-4H3. The van der Waals surface area contributed by atoms with Crippen LogP contribution in [0.2, 0.25) is 0 Å². The number of nitrogens with two attached hydrogens (primary N) is 1. The second-order valence-corrected chi connectivity index (χ2v) is 6.79. The monoisotopic (exact) mass is 389 g/mol. The van der Waals surface area contributed by atoms with Gasteiger partial charge in [-0.05, 0) is 33.3 Å². The highest BCUT2D eigenvalue weighted by Crippen LogP contribution is 2.32. The largest absolute Gasteiger partial charge is 0.462 e. The number of esters is 2. The zero-order valence-electron chi connectivity index (χ0n) is 15.4. The van der Waals surface area contributed by atoms with Gasteiger partial charge in [0.2, 0.25) is 0 Å². The first-order valence-corrected chi connectivity index (χ1v) is 8.90. The normalized spacial score (nSPS) is 10.3. The van der Waals surface area contributed by atoms with Gasteiger partial charge in [-0.3, -0.25) is 4.79 Å². The third-order valence-electron chi connectivity index (χ3n) is 3.95. The molecule has 0 radical (unpaired) electrons. The van der Waals surface area contributed by atoms with Gasteiger partial charge in [0.25, 0.3) is 0 Å². The van der Waals surface area contributed by atoms with E-state index in [1.807, 2.05) is 6.07 Å². The number of ether oxygens (including phenoxy) is 2. The van der Waals surface area contributed by atoms with E-state index in [4.69, 9.17) is 15.2 Å². The van der Waals surface area contributed by atoms with E-state index < -0.39 is 11.9 Å². The Hall–Kier alpha value is -3.12. The van der Waals surface area contributed by atoms with Crippen LogP contribution in [0.5, 0.6) is 0 Å². The minimum atomic E-state index is -0.702. The van der Waals surface area contributed by atoms with Crippen LogP contribution in [0.25, 0.3) is 0 Å². The number of nitrogens with one attached hydrogen (secondary N) is 1. The van der Waals surface area contributed by atoms with Crippen molar-refractivity contribution in [1.82, 2.24) is 4.98 Å². The number of Topliss-reactive ketones (excluding diaryl/α,β-unsaturated/α-hetero) is 1. The quantitative estimate of drug-likeness (QED) is 0.573. The van der Waals surface area contributed by atoms with Crippen LogP contribution in [0, 0.1) is 25.2 Å². The molecule has 2 aromatic heterocycles. The van der Waals surface area contributed by atoms with Crippen molar-refractivity contribution in [2.24, 2.45) is 0 Å². The van der Waals surface area contributed by atoms with Crippen molar-refractivity contribution in [3.8, 4) is 6.07 Å². The maximum Gasteiger partial charge on any atom is 0.355 e. The molecule has 27 heavy (non-hydrogen) atoms. The molecule has 9 heteroatoms. The molecule has 0 atom stereocenters. The Bertz CT molecular complexity index is 965. The Labute approximate surface area is 159 Å². The predicted octanol–water partition coefficient (Wildman–Crippen LogP) is 2.88. The van der Waals surface area contributed by atoms with Crippen LogP contribution in [0.15, 0.2) is 0 Å². The second kappa shape index (κ2) is 8.05. The molecule has 0 bridgehead atoms. The number of hydrogen-bond acceptors (Lipinski definition) is 8. The van der Waals surface area contributed by atoms with Crippen LogP contribution in [0.3, 0.4) is 0 Å². The van der Waals surface area contributed by atoms with Crippen molar-refractivity contribution in [1.29, 1.82) is 5.26 Å². The van der Waals surface area contributed by atoms with Gasteiger partial charge in [0.1, 0.15) is 28.2 Å². The fraction of sp³-hybridized carbons (Fsp3) is 0.333. The number of hydrogen-bond donors (Lipinski definition) is 2. The number of carbonyl (C=O) groups is 3. The highest BCUT2D eigenvalue weighted by Gasteiger charge is 2.25. The zero-order valence-corrected chi connectivity index (χ0v) is 16.2. The summed E-state index contributed by atoms with van der Waals surface area (Å²) >= 11 is 0.912. The van der Waals surface area contributed by atoms with E-state index in [9.17, 15) is 19.6 Å². The summed E-state index contributed by atoms with van der Waals surface area (Å²) in [5.41, 5.74) is 7.72. The van der Waals surface area contributed by atoms with Gasteiger partial charge in [0.05, 0.1) is 12.2 Å². The summed E-state index contributed by atoms with van der Waals surface area (Å²) < 4.78 is 10.2. The van der Waals surface area contributed by atoms with Gasteiger partial charge in [0.15, 0.2) is 5.78 Å². The molecule has 0 unspecified atom stereocenters. The lowest BCUT2D eigenvalue weighted by Crippen LogP contribution is -2.11. The van der Waals surface area contributed by atoms with E-state index in [1.54, 1.807) is 20.8 Å². The SMILES string of the molecule is CCOC(=O)c1sc(N)c(C#N)c1COC(=O)c1[nH]c(C)c(C(C)=O)c1C. The van der Waals surface area contributed by atoms with Crippen molar-refractivity contribution in [3.05, 3.63) is 38.5 Å². The summed E-state index contributed by atoms with van der Waals surface area (Å²) in [6.07, 6.45) is 0. The fourth-order valence-electron chi connectivity index (χ4n) is 2.80. The minimum absolute atomic E-state index is 0.0830. The number of ketones is 1. The van der Waals surface area contributed by atoms with E-state index in [2.05, 4.69) is 4.98 Å². The number of aromatic amines is 1. The smallest absolute Gasteiger partial charge is 0.355 e. The van der Waals surface area contributed by atoms with Gasteiger partial charge in [0, 0.05) is 16.8 Å². The molecular formula is C18H19N3O5S. The number of rotatable bonds is 6. The summed E-state index contributed by atoms with van der Waals surface area (Å²) in [6.45, 7) is 6.24. The molecule has 0 aromatic carbocycles. The van der Waals surface area contributed by atoms with E-state index in [1.165, 1.54) is 6.92 Å². The lowest BCUT2D eigenvalue weighted by atomic mass is 10.1. The summed E-state index contributed by atoms with van der Waals surface area (Å²) in [4.78, 5) is 39.2. The highest BCUT2D eigenvalue weighted by atomic mass is 32.1. The van der Waals surface area contributed by atoms with Crippen LogP contribution >= 0.6 is 11.3 Å². The maximum atomic E-state index is 12.4. The molecule has 2 aromatic rings. The molecule has 0 aliphatic heterocycles. The lowest BCUT2D eigenvalue weighted by molar-refractivity contribution is 0.0447. The second-order valence-electron chi connectivity index (χ2n) is 5.74. The molecule has 0 spiro atoms. The number of carbonyl (C=O) groups excluding carboxylic acids is 3. The molecule has 8 nitrogen and oxygen atoms in total. The zero-order chi connectivity index (χ0) is 20.3. The third kappa shape index (κ3) is 3.85. The van der Waals surface area contributed by atoms with E-state index >= 15 is 0 Å². The molecule has 3 N–H and O–H groups in total. The number of aromatic nitrogens is 1. The molecule has 0 saturated heterocycles. The Morgan fingerprint density at radius 1 is 1.22 bits per heavy atom. The first-order valence-electron chi connectivity index (χ1n) is 8.08. The van der Waals surface area contributed by atoms with E-state index in [0.717, 1.165) is 11.3 Å². The number of thiophene rings is 1. The van der Waals surface area contributed by atoms with Gasteiger partial charge in [-0.2, -0.15) is 5.26 Å². The van der Waals surface area contributed by atoms with Gasteiger partial charge < -0.3 is 20.2 Å². The first kappa shape index (κ1) is 20.2. The highest BCUT2D eigenvalue weighted by molar-refractivity contribution is 7.18. The van der Waals surface area contributed by atoms with Crippen molar-refractivity contribution in [2.75, 3.05) is 12.3 Å². The van der Waals surface area contributed by atoms with E-state index in [0.29, 0.717) is 16.8 Å². The minimum Gasteiger partial charge on any atom is -0.462 e. The molecule has 0 saturated carbocycles. The van der Waals surface area contributed by atoms with E-state index in [-0.39, 0.29) is 45.7 Å². The third-order valence-corrected chi connectivity index (χ3v) is 4.99. The first-order chi connectivity index (χ1) is 12.7. The Morgan fingerprint density at radius 2 is 1.89 bits per heavy atom. The number of nitrogens with zero attached hydrogens (tertiary/aromatic N) is 1.